The van der Waals surface area contributed by atoms with Gasteiger partial charge in [0.05, 0.1) is 11.6 Å². The summed E-state index contributed by atoms with van der Waals surface area (Å²) < 4.78 is 0. The van der Waals surface area contributed by atoms with Gasteiger partial charge >= 0.3 is 0 Å². The molecule has 1 aromatic carbocycles. The first-order valence-corrected chi connectivity index (χ1v) is 9.00. The Kier molecular flexibility index (Phi) is 4.37. The van der Waals surface area contributed by atoms with Crippen molar-refractivity contribution in [1.29, 1.82) is 5.26 Å². The second-order valence-corrected chi connectivity index (χ2v) is 7.14. The molecule has 0 radical (unpaired) electrons. The lowest BCUT2D eigenvalue weighted by molar-refractivity contribution is 0.326. The first-order valence-electron chi connectivity index (χ1n) is 9.00. The zero-order chi connectivity index (χ0) is 17.2. The van der Waals surface area contributed by atoms with Gasteiger partial charge in [-0.2, -0.15) is 5.26 Å². The molecule has 1 unspecified atom stereocenters. The Hall–Kier alpha value is -2.45. The minimum atomic E-state index is 0.486. The molecule has 25 heavy (non-hydrogen) atoms. The highest BCUT2D eigenvalue weighted by Gasteiger charge is 2.29. The van der Waals surface area contributed by atoms with E-state index in [2.05, 4.69) is 40.0 Å². The Labute approximate surface area is 148 Å². The van der Waals surface area contributed by atoms with Crippen LogP contribution in [0.5, 0.6) is 0 Å². The summed E-state index contributed by atoms with van der Waals surface area (Å²) in [7, 11) is 2.15. The van der Waals surface area contributed by atoms with E-state index in [1.807, 2.05) is 24.4 Å². The molecular weight excluding hydrogens is 310 g/mol. The van der Waals surface area contributed by atoms with Crippen LogP contribution >= 0.6 is 0 Å². The molecule has 0 amide bonds. The molecule has 5 nitrogen and oxygen atoms in total. The van der Waals surface area contributed by atoms with Gasteiger partial charge in [-0.1, -0.05) is 12.1 Å². The number of benzene rings is 1. The molecule has 1 aliphatic heterocycles. The van der Waals surface area contributed by atoms with Gasteiger partial charge < -0.3 is 4.90 Å². The standard InChI is InChI=1S/C20H23N5/c1-24(19-8-10-22-20(23-19)17-6-7-17)18-9-11-25(14-18)13-16-4-2-15(12-21)3-5-16/h2-5,8,10,17-18H,6-7,9,11,13-14H2,1H3. The van der Waals surface area contributed by atoms with Crippen molar-refractivity contribution in [2.24, 2.45) is 0 Å². The molecule has 1 aliphatic carbocycles. The van der Waals surface area contributed by atoms with Crippen LogP contribution in [0.4, 0.5) is 5.82 Å². The zero-order valence-electron chi connectivity index (χ0n) is 14.6. The average molecular weight is 333 g/mol. The highest BCUT2D eigenvalue weighted by atomic mass is 15.3. The van der Waals surface area contributed by atoms with Crippen LogP contribution in [0.1, 0.15) is 42.1 Å². The molecule has 128 valence electrons. The molecule has 0 N–H and O–H groups in total. The van der Waals surface area contributed by atoms with Crippen molar-refractivity contribution in [3.8, 4) is 6.07 Å². The fourth-order valence-electron chi connectivity index (χ4n) is 3.50. The number of hydrogen-bond acceptors (Lipinski definition) is 5. The minimum absolute atomic E-state index is 0.486. The summed E-state index contributed by atoms with van der Waals surface area (Å²) in [6, 6.07) is 12.6. The van der Waals surface area contributed by atoms with Crippen LogP contribution in [0.25, 0.3) is 0 Å². The average Bonchev–Trinajstić information content (AvgIpc) is 3.41. The van der Waals surface area contributed by atoms with Crippen LogP contribution in [0.15, 0.2) is 36.5 Å². The Balaban J connectivity index is 1.38. The molecule has 2 aromatic rings. The molecule has 1 atom stereocenters. The van der Waals surface area contributed by atoms with Gasteiger partial charge in [0, 0.05) is 44.8 Å². The lowest BCUT2D eigenvalue weighted by atomic mass is 10.1. The molecule has 1 saturated heterocycles. The Morgan fingerprint density at radius 3 is 2.72 bits per heavy atom. The van der Waals surface area contributed by atoms with Gasteiger partial charge in [-0.05, 0) is 43.0 Å². The third-order valence-corrected chi connectivity index (χ3v) is 5.25. The molecule has 1 saturated carbocycles. The lowest BCUT2D eigenvalue weighted by Gasteiger charge is -2.26. The number of rotatable bonds is 5. The first kappa shape index (κ1) is 16.0. The SMILES string of the molecule is CN(c1ccnc(C2CC2)n1)C1CCN(Cc2ccc(C#N)cc2)C1. The second kappa shape index (κ2) is 6.81. The monoisotopic (exact) mass is 333 g/mol. The third-order valence-electron chi connectivity index (χ3n) is 5.25. The fourth-order valence-corrected chi connectivity index (χ4v) is 3.50. The Morgan fingerprint density at radius 2 is 2.00 bits per heavy atom. The number of hydrogen-bond donors (Lipinski definition) is 0. The van der Waals surface area contributed by atoms with Crippen molar-refractivity contribution >= 4 is 5.82 Å². The molecule has 4 rings (SSSR count). The Bertz CT molecular complexity index is 775. The molecule has 0 spiro atoms. The number of aromatic nitrogens is 2. The summed E-state index contributed by atoms with van der Waals surface area (Å²) in [6.07, 6.45) is 5.51. The van der Waals surface area contributed by atoms with Gasteiger partial charge in [-0.15, -0.1) is 0 Å². The van der Waals surface area contributed by atoms with Crippen LogP contribution in [-0.4, -0.2) is 41.0 Å². The quantitative estimate of drug-likeness (QED) is 0.842. The van der Waals surface area contributed by atoms with E-state index in [1.165, 1.54) is 18.4 Å². The van der Waals surface area contributed by atoms with E-state index in [9.17, 15) is 0 Å². The maximum Gasteiger partial charge on any atom is 0.133 e. The van der Waals surface area contributed by atoms with Crippen molar-refractivity contribution in [2.45, 2.75) is 37.8 Å². The topological polar surface area (TPSA) is 56.1 Å². The van der Waals surface area contributed by atoms with E-state index in [4.69, 9.17) is 10.2 Å². The molecule has 2 aliphatic rings. The predicted octanol–water partition coefficient (Wildman–Crippen LogP) is 2.94. The van der Waals surface area contributed by atoms with E-state index in [0.29, 0.717) is 12.0 Å². The van der Waals surface area contributed by atoms with Crippen molar-refractivity contribution in [3.05, 3.63) is 53.5 Å². The van der Waals surface area contributed by atoms with E-state index in [0.717, 1.165) is 43.3 Å². The normalized spacial score (nSPS) is 20.4. The summed E-state index contributed by atoms with van der Waals surface area (Å²) in [5.41, 5.74) is 1.98. The number of likely N-dealkylation sites (N-methyl/N-ethyl adjacent to an activating group) is 1. The van der Waals surface area contributed by atoms with Gasteiger partial charge in [-0.3, -0.25) is 4.90 Å². The Morgan fingerprint density at radius 1 is 1.20 bits per heavy atom. The second-order valence-electron chi connectivity index (χ2n) is 7.14. The number of nitriles is 1. The van der Waals surface area contributed by atoms with Gasteiger partial charge in [0.25, 0.3) is 0 Å². The van der Waals surface area contributed by atoms with Gasteiger partial charge in [0.15, 0.2) is 0 Å². The van der Waals surface area contributed by atoms with E-state index in [1.54, 1.807) is 0 Å². The molecule has 0 bridgehead atoms. The lowest BCUT2D eigenvalue weighted by Crippen LogP contribution is -2.35. The van der Waals surface area contributed by atoms with E-state index in [-0.39, 0.29) is 0 Å². The molecular formula is C20H23N5. The van der Waals surface area contributed by atoms with Crippen molar-refractivity contribution < 1.29 is 0 Å². The zero-order valence-corrected chi connectivity index (χ0v) is 14.6. The maximum absolute atomic E-state index is 8.90. The van der Waals surface area contributed by atoms with Crippen molar-refractivity contribution in [1.82, 2.24) is 14.9 Å². The van der Waals surface area contributed by atoms with Gasteiger partial charge in [-0.25, -0.2) is 9.97 Å². The summed E-state index contributed by atoms with van der Waals surface area (Å²) in [5.74, 6) is 2.64. The van der Waals surface area contributed by atoms with Crippen molar-refractivity contribution in [3.63, 3.8) is 0 Å². The molecule has 2 heterocycles. The van der Waals surface area contributed by atoms with Gasteiger partial charge in [0.1, 0.15) is 11.6 Å². The van der Waals surface area contributed by atoms with Crippen LogP contribution < -0.4 is 4.90 Å². The van der Waals surface area contributed by atoms with Crippen LogP contribution in [0.3, 0.4) is 0 Å². The summed E-state index contributed by atoms with van der Waals surface area (Å²) >= 11 is 0. The first-order chi connectivity index (χ1) is 12.2. The van der Waals surface area contributed by atoms with Crippen molar-refractivity contribution in [2.75, 3.05) is 25.0 Å². The largest absolute Gasteiger partial charge is 0.355 e. The fraction of sp³-hybridized carbons (Fsp3) is 0.450. The maximum atomic E-state index is 8.90. The van der Waals surface area contributed by atoms with E-state index < -0.39 is 0 Å². The van der Waals surface area contributed by atoms with Crippen LogP contribution in [0, 0.1) is 11.3 Å². The summed E-state index contributed by atoms with van der Waals surface area (Å²) in [6.45, 7) is 3.07. The highest BCUT2D eigenvalue weighted by Crippen LogP contribution is 2.38. The smallest absolute Gasteiger partial charge is 0.133 e. The number of anilines is 1. The molecule has 1 aromatic heterocycles. The number of nitrogens with zero attached hydrogens (tertiary/aromatic N) is 5. The van der Waals surface area contributed by atoms with Crippen LogP contribution in [-0.2, 0) is 6.54 Å². The van der Waals surface area contributed by atoms with E-state index >= 15 is 0 Å². The van der Waals surface area contributed by atoms with Crippen LogP contribution in [0.2, 0.25) is 0 Å². The number of likely N-dealkylation sites (tertiary alicyclic amines) is 1. The molecule has 2 fully saturated rings. The highest BCUT2D eigenvalue weighted by molar-refractivity contribution is 5.39. The summed E-state index contributed by atoms with van der Waals surface area (Å²) in [5, 5.41) is 8.90. The minimum Gasteiger partial charge on any atom is -0.355 e. The summed E-state index contributed by atoms with van der Waals surface area (Å²) in [4.78, 5) is 14.0. The molecule has 5 heteroatoms. The van der Waals surface area contributed by atoms with Gasteiger partial charge in [0.2, 0.25) is 0 Å². The third kappa shape index (κ3) is 3.64. The predicted molar refractivity (Wildman–Crippen MR) is 97.2 cm³/mol.